The van der Waals surface area contributed by atoms with E-state index >= 15 is 0 Å². The molecule has 1 N–H and O–H groups in total. The molecule has 6 heteroatoms. The summed E-state index contributed by atoms with van der Waals surface area (Å²) in [5, 5.41) is 8.74. The molecule has 1 aromatic carbocycles. The van der Waals surface area contributed by atoms with Crippen molar-refractivity contribution < 1.29 is 4.79 Å². The van der Waals surface area contributed by atoms with Crippen molar-refractivity contribution in [2.24, 2.45) is 5.92 Å². The van der Waals surface area contributed by atoms with Gasteiger partial charge in [0.1, 0.15) is 0 Å². The van der Waals surface area contributed by atoms with Crippen LogP contribution in [0.15, 0.2) is 18.2 Å². The number of aryl methyl sites for hydroxylation is 1. The molecule has 0 saturated carbocycles. The molecule has 0 atom stereocenters. The van der Waals surface area contributed by atoms with Gasteiger partial charge in [-0.1, -0.05) is 37.0 Å². The second-order valence-electron chi connectivity index (χ2n) is 6.78. The van der Waals surface area contributed by atoms with E-state index < -0.39 is 0 Å². The number of halogens is 2. The van der Waals surface area contributed by atoms with E-state index in [4.69, 9.17) is 23.2 Å². The highest BCUT2D eigenvalue weighted by Crippen LogP contribution is 2.19. The fourth-order valence-corrected chi connectivity index (χ4v) is 3.41. The standard InChI is InChI=1S/C19H25Cl2N3O/c1-12(2)11-24-14(4)18(13(3)23-24)10-19(25)22-6-5-15-7-16(20)9-17(21)8-15/h7-9,12H,5-6,10-11H2,1-4H3,(H,22,25). The number of hydrogen-bond acceptors (Lipinski definition) is 2. The van der Waals surface area contributed by atoms with Gasteiger partial charge in [-0.3, -0.25) is 9.48 Å². The van der Waals surface area contributed by atoms with E-state index in [-0.39, 0.29) is 5.91 Å². The lowest BCUT2D eigenvalue weighted by Crippen LogP contribution is -2.27. The van der Waals surface area contributed by atoms with Crippen LogP contribution >= 0.6 is 23.2 Å². The lowest BCUT2D eigenvalue weighted by Gasteiger charge is -2.09. The molecule has 0 spiro atoms. The number of hydrogen-bond donors (Lipinski definition) is 1. The predicted octanol–water partition coefficient (Wildman–Crippen LogP) is 4.36. The van der Waals surface area contributed by atoms with E-state index in [0.717, 1.165) is 29.1 Å². The quantitative estimate of drug-likeness (QED) is 0.773. The van der Waals surface area contributed by atoms with E-state index in [9.17, 15) is 4.79 Å². The summed E-state index contributed by atoms with van der Waals surface area (Å²) in [6.07, 6.45) is 1.04. The summed E-state index contributed by atoms with van der Waals surface area (Å²) >= 11 is 12.0. The van der Waals surface area contributed by atoms with Crippen LogP contribution in [0.5, 0.6) is 0 Å². The van der Waals surface area contributed by atoms with Gasteiger partial charge in [0.15, 0.2) is 0 Å². The summed E-state index contributed by atoms with van der Waals surface area (Å²) < 4.78 is 2.00. The predicted molar refractivity (Wildman–Crippen MR) is 103 cm³/mol. The topological polar surface area (TPSA) is 46.9 Å². The number of amides is 1. The van der Waals surface area contributed by atoms with Crippen LogP contribution in [-0.2, 0) is 24.2 Å². The molecule has 0 fully saturated rings. The van der Waals surface area contributed by atoms with Gasteiger partial charge < -0.3 is 5.32 Å². The Kier molecular flexibility index (Phi) is 6.91. The van der Waals surface area contributed by atoms with Crippen LogP contribution in [0.25, 0.3) is 0 Å². The Balaban J connectivity index is 1.91. The molecule has 0 aliphatic rings. The molecule has 1 aromatic heterocycles. The van der Waals surface area contributed by atoms with Crippen molar-refractivity contribution in [3.63, 3.8) is 0 Å². The molecule has 4 nitrogen and oxygen atoms in total. The SMILES string of the molecule is Cc1nn(CC(C)C)c(C)c1CC(=O)NCCc1cc(Cl)cc(Cl)c1. The average Bonchev–Trinajstić information content (AvgIpc) is 2.73. The van der Waals surface area contributed by atoms with Crippen molar-refractivity contribution in [2.75, 3.05) is 6.54 Å². The summed E-state index contributed by atoms with van der Waals surface area (Å²) in [6.45, 7) is 9.72. The van der Waals surface area contributed by atoms with E-state index in [1.807, 2.05) is 30.7 Å². The Morgan fingerprint density at radius 1 is 1.20 bits per heavy atom. The van der Waals surface area contributed by atoms with Crippen LogP contribution < -0.4 is 5.32 Å². The monoisotopic (exact) mass is 381 g/mol. The molecule has 2 rings (SSSR count). The highest BCUT2D eigenvalue weighted by atomic mass is 35.5. The minimum atomic E-state index is 0.00317. The van der Waals surface area contributed by atoms with Crippen LogP contribution in [0.1, 0.15) is 36.4 Å². The van der Waals surface area contributed by atoms with Gasteiger partial charge in [-0.15, -0.1) is 0 Å². The van der Waals surface area contributed by atoms with Gasteiger partial charge in [-0.2, -0.15) is 5.10 Å². The van der Waals surface area contributed by atoms with Crippen LogP contribution in [0.2, 0.25) is 10.0 Å². The minimum absolute atomic E-state index is 0.00317. The van der Waals surface area contributed by atoms with Crippen molar-refractivity contribution in [3.8, 4) is 0 Å². The van der Waals surface area contributed by atoms with Crippen molar-refractivity contribution in [2.45, 2.75) is 47.1 Å². The molecule has 0 aliphatic heterocycles. The fourth-order valence-electron chi connectivity index (χ4n) is 2.84. The van der Waals surface area contributed by atoms with Gasteiger partial charge in [0.2, 0.25) is 5.91 Å². The second kappa shape index (κ2) is 8.72. The fraction of sp³-hybridized carbons (Fsp3) is 0.474. The van der Waals surface area contributed by atoms with E-state index in [2.05, 4.69) is 24.3 Å². The molecule has 0 saturated heterocycles. The second-order valence-corrected chi connectivity index (χ2v) is 7.65. The summed E-state index contributed by atoms with van der Waals surface area (Å²) in [7, 11) is 0. The maximum absolute atomic E-state index is 12.3. The maximum atomic E-state index is 12.3. The lowest BCUT2D eigenvalue weighted by atomic mass is 10.1. The molecular formula is C19H25Cl2N3O. The van der Waals surface area contributed by atoms with Gasteiger partial charge in [0.05, 0.1) is 12.1 Å². The Morgan fingerprint density at radius 2 is 1.84 bits per heavy atom. The summed E-state index contributed by atoms with van der Waals surface area (Å²) in [6, 6.07) is 5.43. The van der Waals surface area contributed by atoms with Crippen LogP contribution in [0.4, 0.5) is 0 Å². The number of carbonyl (C=O) groups is 1. The number of rotatable bonds is 7. The Labute approximate surface area is 159 Å². The first kappa shape index (κ1) is 19.8. The van der Waals surface area contributed by atoms with Gasteiger partial charge in [0.25, 0.3) is 0 Å². The highest BCUT2D eigenvalue weighted by Gasteiger charge is 2.15. The lowest BCUT2D eigenvalue weighted by molar-refractivity contribution is -0.120. The van der Waals surface area contributed by atoms with Crippen molar-refractivity contribution in [1.29, 1.82) is 0 Å². The molecule has 1 amide bonds. The molecule has 2 aromatic rings. The summed E-state index contributed by atoms with van der Waals surface area (Å²) in [4.78, 5) is 12.3. The van der Waals surface area contributed by atoms with Crippen molar-refractivity contribution in [3.05, 3.63) is 50.8 Å². The average molecular weight is 382 g/mol. The first-order valence-corrected chi connectivity index (χ1v) is 9.26. The number of nitrogens with one attached hydrogen (secondary N) is 1. The molecule has 0 radical (unpaired) electrons. The highest BCUT2D eigenvalue weighted by molar-refractivity contribution is 6.34. The molecule has 1 heterocycles. The Hall–Kier alpha value is -1.52. The van der Waals surface area contributed by atoms with E-state index in [0.29, 0.717) is 35.3 Å². The van der Waals surface area contributed by atoms with Crippen LogP contribution in [-0.4, -0.2) is 22.2 Å². The summed E-state index contributed by atoms with van der Waals surface area (Å²) in [5.41, 5.74) is 4.02. The molecule has 0 unspecified atom stereocenters. The zero-order chi connectivity index (χ0) is 18.6. The third-order valence-corrected chi connectivity index (χ3v) is 4.50. The molecule has 0 bridgehead atoms. The summed E-state index contributed by atoms with van der Waals surface area (Å²) in [5.74, 6) is 0.521. The normalized spacial score (nSPS) is 11.2. The van der Waals surface area contributed by atoms with Gasteiger partial charge in [0, 0.05) is 34.4 Å². The molecular weight excluding hydrogens is 357 g/mol. The third-order valence-electron chi connectivity index (χ3n) is 4.06. The van der Waals surface area contributed by atoms with Crippen molar-refractivity contribution in [1.82, 2.24) is 15.1 Å². The molecule has 0 aliphatic carbocycles. The first-order valence-electron chi connectivity index (χ1n) is 8.50. The van der Waals surface area contributed by atoms with Gasteiger partial charge >= 0.3 is 0 Å². The van der Waals surface area contributed by atoms with Gasteiger partial charge in [-0.25, -0.2) is 0 Å². The van der Waals surface area contributed by atoms with Crippen LogP contribution in [0.3, 0.4) is 0 Å². The number of carbonyl (C=O) groups excluding carboxylic acids is 1. The smallest absolute Gasteiger partial charge is 0.224 e. The van der Waals surface area contributed by atoms with Crippen LogP contribution in [0, 0.1) is 19.8 Å². The maximum Gasteiger partial charge on any atom is 0.224 e. The number of aromatic nitrogens is 2. The van der Waals surface area contributed by atoms with Crippen molar-refractivity contribution >= 4 is 29.1 Å². The largest absolute Gasteiger partial charge is 0.355 e. The number of nitrogens with zero attached hydrogens (tertiary/aromatic N) is 2. The Morgan fingerprint density at radius 3 is 2.44 bits per heavy atom. The van der Waals surface area contributed by atoms with Gasteiger partial charge in [-0.05, 0) is 49.9 Å². The zero-order valence-corrected chi connectivity index (χ0v) is 16.7. The minimum Gasteiger partial charge on any atom is -0.355 e. The molecule has 136 valence electrons. The first-order chi connectivity index (χ1) is 11.8. The van der Waals surface area contributed by atoms with E-state index in [1.165, 1.54) is 0 Å². The molecule has 25 heavy (non-hydrogen) atoms. The Bertz CT molecular complexity index is 733. The zero-order valence-electron chi connectivity index (χ0n) is 15.2. The van der Waals surface area contributed by atoms with E-state index in [1.54, 1.807) is 6.07 Å². The third kappa shape index (κ3) is 5.75. The number of benzene rings is 1.